The van der Waals surface area contributed by atoms with Gasteiger partial charge in [0.25, 0.3) is 11.5 Å². The number of nitrogens with zero attached hydrogens (tertiary/aromatic N) is 2. The number of H-pyrrole nitrogens is 1. The number of piperidine rings is 1. The third-order valence-electron chi connectivity index (χ3n) is 6.44. The molecule has 0 radical (unpaired) electrons. The highest BCUT2D eigenvalue weighted by molar-refractivity contribution is 6.31. The van der Waals surface area contributed by atoms with Crippen LogP contribution in [-0.2, 0) is 6.54 Å². The molecule has 0 saturated carbocycles. The van der Waals surface area contributed by atoms with Crippen LogP contribution in [-0.4, -0.2) is 46.0 Å². The first-order chi connectivity index (χ1) is 16.0. The highest BCUT2D eigenvalue weighted by Gasteiger charge is 2.20. The average molecular weight is 469 g/mol. The minimum Gasteiger partial charge on any atom is -0.351 e. The molecule has 1 atom stereocenters. The molecule has 1 fully saturated rings. The van der Waals surface area contributed by atoms with Crippen molar-refractivity contribution >= 4 is 28.4 Å². The van der Waals surface area contributed by atoms with E-state index in [9.17, 15) is 14.4 Å². The summed E-state index contributed by atoms with van der Waals surface area (Å²) < 4.78 is 1.12. The smallest absolute Gasteiger partial charge is 0.329 e. The van der Waals surface area contributed by atoms with Gasteiger partial charge in [0.05, 0.1) is 17.4 Å². The molecule has 8 heteroatoms. The SMILES string of the molecule is CCC1CCCCN1CCNC(=O)c1ccc2c(=O)n(Cc3ccccc3Cl)c(=O)[nH]c2c1. The van der Waals surface area contributed by atoms with Gasteiger partial charge in [-0.1, -0.05) is 43.1 Å². The molecule has 0 aliphatic carbocycles. The van der Waals surface area contributed by atoms with Crippen LogP contribution < -0.4 is 16.6 Å². The van der Waals surface area contributed by atoms with Crippen molar-refractivity contribution in [2.75, 3.05) is 19.6 Å². The molecule has 1 aliphatic heterocycles. The van der Waals surface area contributed by atoms with Crippen LogP contribution in [0.15, 0.2) is 52.1 Å². The van der Waals surface area contributed by atoms with E-state index in [1.54, 1.807) is 42.5 Å². The molecule has 2 N–H and O–H groups in total. The fourth-order valence-corrected chi connectivity index (χ4v) is 4.76. The fourth-order valence-electron chi connectivity index (χ4n) is 4.57. The first kappa shape index (κ1) is 23.3. The highest BCUT2D eigenvalue weighted by atomic mass is 35.5. The Morgan fingerprint density at radius 2 is 2.00 bits per heavy atom. The minimum atomic E-state index is -0.541. The van der Waals surface area contributed by atoms with Crippen molar-refractivity contribution in [2.24, 2.45) is 0 Å². The van der Waals surface area contributed by atoms with Crippen LogP contribution in [0.5, 0.6) is 0 Å². The predicted molar refractivity (Wildman–Crippen MR) is 131 cm³/mol. The summed E-state index contributed by atoms with van der Waals surface area (Å²) in [4.78, 5) is 43.4. The lowest BCUT2D eigenvalue weighted by Crippen LogP contribution is -2.43. The van der Waals surface area contributed by atoms with Crippen LogP contribution in [0.3, 0.4) is 0 Å². The maximum atomic E-state index is 12.9. The fraction of sp³-hybridized carbons (Fsp3) is 0.400. The number of aromatic nitrogens is 2. The lowest BCUT2D eigenvalue weighted by Gasteiger charge is -2.35. The van der Waals surface area contributed by atoms with Crippen LogP contribution in [0.4, 0.5) is 0 Å². The maximum Gasteiger partial charge on any atom is 0.329 e. The van der Waals surface area contributed by atoms with Gasteiger partial charge in [-0.25, -0.2) is 4.79 Å². The van der Waals surface area contributed by atoms with Crippen LogP contribution >= 0.6 is 11.6 Å². The van der Waals surface area contributed by atoms with Gasteiger partial charge in [-0.05, 0) is 55.6 Å². The Hall–Kier alpha value is -2.90. The van der Waals surface area contributed by atoms with Gasteiger partial charge in [0.1, 0.15) is 0 Å². The number of hydrogen-bond acceptors (Lipinski definition) is 4. The molecule has 2 aromatic carbocycles. The number of rotatable bonds is 7. The van der Waals surface area contributed by atoms with Gasteiger partial charge in [-0.2, -0.15) is 0 Å². The van der Waals surface area contributed by atoms with Gasteiger partial charge in [0, 0.05) is 29.7 Å². The molecular weight excluding hydrogens is 440 g/mol. The zero-order valence-electron chi connectivity index (χ0n) is 18.8. The molecule has 4 rings (SSSR count). The Kier molecular flexibility index (Phi) is 7.30. The van der Waals surface area contributed by atoms with E-state index in [1.165, 1.54) is 19.3 Å². The number of amides is 1. The first-order valence-corrected chi connectivity index (χ1v) is 11.9. The number of aromatic amines is 1. The van der Waals surface area contributed by atoms with Crippen LogP contribution in [0.2, 0.25) is 5.02 Å². The van der Waals surface area contributed by atoms with Gasteiger partial charge in [-0.15, -0.1) is 0 Å². The Balaban J connectivity index is 1.49. The molecule has 0 spiro atoms. The molecule has 1 unspecified atom stereocenters. The average Bonchev–Trinajstić information content (AvgIpc) is 2.82. The summed E-state index contributed by atoms with van der Waals surface area (Å²) in [6.45, 7) is 4.73. The molecule has 1 amide bonds. The molecule has 2 heterocycles. The van der Waals surface area contributed by atoms with Crippen molar-refractivity contribution < 1.29 is 4.79 Å². The molecule has 33 heavy (non-hydrogen) atoms. The Bertz CT molecular complexity index is 1270. The Morgan fingerprint density at radius 1 is 1.18 bits per heavy atom. The van der Waals surface area contributed by atoms with Crippen molar-refractivity contribution in [3.05, 3.63) is 79.5 Å². The van der Waals surface area contributed by atoms with E-state index < -0.39 is 11.2 Å². The number of hydrogen-bond donors (Lipinski definition) is 2. The number of nitrogens with one attached hydrogen (secondary N) is 2. The van der Waals surface area contributed by atoms with E-state index in [1.807, 2.05) is 0 Å². The number of benzene rings is 2. The van der Waals surface area contributed by atoms with Crippen molar-refractivity contribution in [1.29, 1.82) is 0 Å². The Morgan fingerprint density at radius 3 is 2.79 bits per heavy atom. The van der Waals surface area contributed by atoms with Crippen molar-refractivity contribution in [3.63, 3.8) is 0 Å². The van der Waals surface area contributed by atoms with Crippen molar-refractivity contribution in [3.8, 4) is 0 Å². The van der Waals surface area contributed by atoms with E-state index in [4.69, 9.17) is 11.6 Å². The molecule has 0 bridgehead atoms. The summed E-state index contributed by atoms with van der Waals surface area (Å²) in [6, 6.07) is 12.4. The van der Waals surface area contributed by atoms with Crippen LogP contribution in [0.1, 0.15) is 48.5 Å². The zero-order chi connectivity index (χ0) is 23.4. The van der Waals surface area contributed by atoms with E-state index in [-0.39, 0.29) is 12.5 Å². The second-order valence-corrected chi connectivity index (χ2v) is 8.93. The third-order valence-corrected chi connectivity index (χ3v) is 6.80. The summed E-state index contributed by atoms with van der Waals surface area (Å²) in [5.41, 5.74) is 0.473. The van der Waals surface area contributed by atoms with E-state index in [0.717, 1.165) is 24.1 Å². The second kappa shape index (κ2) is 10.4. The third kappa shape index (κ3) is 5.20. The summed E-state index contributed by atoms with van der Waals surface area (Å²) in [6.07, 6.45) is 4.82. The lowest BCUT2D eigenvalue weighted by molar-refractivity contribution is 0.0934. The van der Waals surface area contributed by atoms with Gasteiger partial charge >= 0.3 is 5.69 Å². The van der Waals surface area contributed by atoms with Crippen LogP contribution in [0.25, 0.3) is 10.9 Å². The van der Waals surface area contributed by atoms with Gasteiger partial charge in [-0.3, -0.25) is 19.1 Å². The number of carbonyl (C=O) groups excluding carboxylic acids is 1. The number of fused-ring (bicyclic) bond motifs is 1. The van der Waals surface area contributed by atoms with E-state index >= 15 is 0 Å². The number of halogens is 1. The minimum absolute atomic E-state index is 0.0707. The van der Waals surface area contributed by atoms with Crippen LogP contribution in [0, 0.1) is 0 Å². The predicted octanol–water partition coefficient (Wildman–Crippen LogP) is 3.39. The lowest BCUT2D eigenvalue weighted by atomic mass is 10.0. The van der Waals surface area contributed by atoms with E-state index in [0.29, 0.717) is 39.6 Å². The summed E-state index contributed by atoms with van der Waals surface area (Å²) in [5, 5.41) is 3.80. The number of carbonyl (C=O) groups is 1. The van der Waals surface area contributed by atoms with Gasteiger partial charge in [0.15, 0.2) is 0 Å². The molecular formula is C25H29ClN4O3. The molecule has 1 saturated heterocycles. The quantitative estimate of drug-likeness (QED) is 0.556. The molecule has 1 aliphatic rings. The van der Waals surface area contributed by atoms with Crippen molar-refractivity contribution in [2.45, 2.75) is 45.2 Å². The van der Waals surface area contributed by atoms with E-state index in [2.05, 4.69) is 22.1 Å². The molecule has 174 valence electrons. The monoisotopic (exact) mass is 468 g/mol. The molecule has 7 nitrogen and oxygen atoms in total. The first-order valence-electron chi connectivity index (χ1n) is 11.5. The summed E-state index contributed by atoms with van der Waals surface area (Å²) in [5.74, 6) is -0.219. The summed E-state index contributed by atoms with van der Waals surface area (Å²) in [7, 11) is 0. The van der Waals surface area contributed by atoms with Crippen molar-refractivity contribution in [1.82, 2.24) is 19.8 Å². The number of likely N-dealkylation sites (tertiary alicyclic amines) is 1. The standard InChI is InChI=1S/C25H29ClN4O3/c1-2-19-8-5-6-13-29(19)14-12-27-23(31)17-10-11-20-22(15-17)28-25(33)30(24(20)32)16-18-7-3-4-9-21(18)26/h3-4,7,9-11,15,19H,2,5-6,8,12-14,16H2,1H3,(H,27,31)(H,28,33). The second-order valence-electron chi connectivity index (χ2n) is 8.52. The Labute approximate surface area is 197 Å². The molecule has 1 aromatic heterocycles. The topological polar surface area (TPSA) is 87.2 Å². The zero-order valence-corrected chi connectivity index (χ0v) is 19.5. The highest BCUT2D eigenvalue weighted by Crippen LogP contribution is 2.19. The van der Waals surface area contributed by atoms with Gasteiger partial charge in [0.2, 0.25) is 0 Å². The normalized spacial score (nSPS) is 16.7. The maximum absolute atomic E-state index is 12.9. The summed E-state index contributed by atoms with van der Waals surface area (Å²) >= 11 is 6.18. The van der Waals surface area contributed by atoms with Gasteiger partial charge < -0.3 is 10.3 Å². The largest absolute Gasteiger partial charge is 0.351 e. The molecule has 3 aromatic rings.